The van der Waals surface area contributed by atoms with Crippen molar-refractivity contribution in [3.8, 4) is 17.2 Å². The molecular weight excluding hydrogens is 399 g/mol. The molecule has 2 atom stereocenters. The number of rotatable bonds is 8. The summed E-state index contributed by atoms with van der Waals surface area (Å²) < 4.78 is 30.0. The van der Waals surface area contributed by atoms with Crippen LogP contribution in [0.4, 0.5) is 4.39 Å². The maximum atomic E-state index is 13.5. The molecule has 1 aliphatic heterocycles. The first kappa shape index (κ1) is 22.9. The van der Waals surface area contributed by atoms with E-state index in [0.29, 0.717) is 36.9 Å². The van der Waals surface area contributed by atoms with Crippen molar-refractivity contribution in [1.82, 2.24) is 9.80 Å². The number of benzene rings is 2. The van der Waals surface area contributed by atoms with Gasteiger partial charge in [-0.3, -0.25) is 9.69 Å². The molecule has 6 nitrogen and oxygen atoms in total. The van der Waals surface area contributed by atoms with E-state index in [-0.39, 0.29) is 23.6 Å². The van der Waals surface area contributed by atoms with Crippen LogP contribution in [0.2, 0.25) is 0 Å². The molecule has 2 aromatic carbocycles. The van der Waals surface area contributed by atoms with E-state index in [1.54, 1.807) is 45.3 Å². The van der Waals surface area contributed by atoms with Crippen molar-refractivity contribution in [1.29, 1.82) is 0 Å². The third kappa shape index (κ3) is 6.10. The summed E-state index contributed by atoms with van der Waals surface area (Å²) in [5, 5.41) is 0. The second kappa shape index (κ2) is 10.5. The van der Waals surface area contributed by atoms with E-state index >= 15 is 0 Å². The highest BCUT2D eigenvalue weighted by atomic mass is 19.1. The van der Waals surface area contributed by atoms with Crippen molar-refractivity contribution in [3.05, 3.63) is 53.8 Å². The summed E-state index contributed by atoms with van der Waals surface area (Å²) in [5.74, 6) is 1.73. The summed E-state index contributed by atoms with van der Waals surface area (Å²) in [4.78, 5) is 16.6. The summed E-state index contributed by atoms with van der Waals surface area (Å²) in [6, 6.07) is 12.0. The lowest BCUT2D eigenvalue weighted by molar-refractivity contribution is -0.135. The standard InChI is InChI=1S/C24H31FN2O4/c1-26(2)24(28)19-10-18(16-31-21-7-5-6-20(25)12-21)14-27(15-19)13-17-8-9-22(29-3)23(11-17)30-4/h5-9,11-12,18-19H,10,13-16H2,1-4H3/t18-,19+/m0/s1. The predicted octanol–water partition coefficient (Wildman–Crippen LogP) is 3.45. The number of amides is 1. The van der Waals surface area contributed by atoms with Gasteiger partial charge in [-0.05, 0) is 36.2 Å². The highest BCUT2D eigenvalue weighted by Crippen LogP contribution is 2.30. The number of ether oxygens (including phenoxy) is 3. The number of halogens is 1. The fourth-order valence-corrected chi connectivity index (χ4v) is 4.10. The highest BCUT2D eigenvalue weighted by molar-refractivity contribution is 5.78. The number of methoxy groups -OCH3 is 2. The van der Waals surface area contributed by atoms with Crippen LogP contribution in [0.5, 0.6) is 17.2 Å². The zero-order valence-electron chi connectivity index (χ0n) is 18.6. The minimum atomic E-state index is -0.322. The van der Waals surface area contributed by atoms with Crippen LogP contribution in [0.15, 0.2) is 42.5 Å². The van der Waals surface area contributed by atoms with E-state index in [9.17, 15) is 9.18 Å². The number of likely N-dealkylation sites (tertiary alicyclic amines) is 1. The predicted molar refractivity (Wildman–Crippen MR) is 117 cm³/mol. The quantitative estimate of drug-likeness (QED) is 0.642. The average molecular weight is 431 g/mol. The van der Waals surface area contributed by atoms with Crippen LogP contribution in [0.3, 0.4) is 0 Å². The topological polar surface area (TPSA) is 51.2 Å². The lowest BCUT2D eigenvalue weighted by Crippen LogP contribution is -2.47. The molecule has 0 spiro atoms. The van der Waals surface area contributed by atoms with Crippen LogP contribution in [0, 0.1) is 17.7 Å². The third-order valence-electron chi connectivity index (χ3n) is 5.54. The van der Waals surface area contributed by atoms with Crippen molar-refractivity contribution >= 4 is 5.91 Å². The van der Waals surface area contributed by atoms with Crippen LogP contribution >= 0.6 is 0 Å². The molecule has 0 aromatic heterocycles. The number of hydrogen-bond donors (Lipinski definition) is 0. The van der Waals surface area contributed by atoms with E-state index < -0.39 is 0 Å². The molecule has 3 rings (SSSR count). The van der Waals surface area contributed by atoms with Gasteiger partial charge in [-0.15, -0.1) is 0 Å². The summed E-state index contributed by atoms with van der Waals surface area (Å²) in [5.41, 5.74) is 1.08. The van der Waals surface area contributed by atoms with E-state index in [2.05, 4.69) is 4.90 Å². The summed E-state index contributed by atoms with van der Waals surface area (Å²) in [6.07, 6.45) is 0.745. The van der Waals surface area contributed by atoms with Gasteiger partial charge in [0.1, 0.15) is 11.6 Å². The minimum absolute atomic E-state index is 0.106. The number of carbonyl (C=O) groups is 1. The zero-order chi connectivity index (χ0) is 22.4. The number of carbonyl (C=O) groups excluding carboxylic acids is 1. The summed E-state index contributed by atoms with van der Waals surface area (Å²) in [7, 11) is 6.80. The molecular formula is C24H31FN2O4. The van der Waals surface area contributed by atoms with Gasteiger partial charge in [0.2, 0.25) is 5.91 Å². The maximum absolute atomic E-state index is 13.5. The Bertz CT molecular complexity index is 890. The molecule has 0 unspecified atom stereocenters. The lowest BCUT2D eigenvalue weighted by Gasteiger charge is -2.38. The molecule has 0 radical (unpaired) electrons. The van der Waals surface area contributed by atoms with Gasteiger partial charge in [0.25, 0.3) is 0 Å². The fourth-order valence-electron chi connectivity index (χ4n) is 4.10. The normalized spacial score (nSPS) is 19.0. The van der Waals surface area contributed by atoms with Crippen molar-refractivity contribution < 1.29 is 23.4 Å². The molecule has 2 aromatic rings. The van der Waals surface area contributed by atoms with Gasteiger partial charge in [0.15, 0.2) is 11.5 Å². The molecule has 7 heteroatoms. The van der Waals surface area contributed by atoms with Gasteiger partial charge in [-0.1, -0.05) is 12.1 Å². The van der Waals surface area contributed by atoms with Crippen LogP contribution in [-0.4, -0.2) is 63.7 Å². The second-order valence-corrected chi connectivity index (χ2v) is 8.18. The average Bonchev–Trinajstić information content (AvgIpc) is 2.77. The SMILES string of the molecule is COc1ccc(CN2C[C@@H](COc3cccc(F)c3)C[C@@H](C(=O)N(C)C)C2)cc1OC. The molecule has 1 heterocycles. The Morgan fingerprint density at radius 1 is 1.10 bits per heavy atom. The molecule has 0 aliphatic carbocycles. The maximum Gasteiger partial charge on any atom is 0.226 e. The Morgan fingerprint density at radius 3 is 2.55 bits per heavy atom. The molecule has 31 heavy (non-hydrogen) atoms. The third-order valence-corrected chi connectivity index (χ3v) is 5.54. The Kier molecular flexibility index (Phi) is 7.74. The molecule has 0 bridgehead atoms. The van der Waals surface area contributed by atoms with Crippen molar-refractivity contribution in [2.24, 2.45) is 11.8 Å². The molecule has 0 N–H and O–H groups in total. The van der Waals surface area contributed by atoms with Gasteiger partial charge in [-0.25, -0.2) is 4.39 Å². The van der Waals surface area contributed by atoms with Crippen LogP contribution in [-0.2, 0) is 11.3 Å². The summed E-state index contributed by atoms with van der Waals surface area (Å²) >= 11 is 0. The Balaban J connectivity index is 1.71. The van der Waals surface area contributed by atoms with Gasteiger partial charge in [0, 0.05) is 45.7 Å². The Morgan fingerprint density at radius 2 is 1.87 bits per heavy atom. The molecule has 0 saturated carbocycles. The van der Waals surface area contributed by atoms with Crippen LogP contribution < -0.4 is 14.2 Å². The van der Waals surface area contributed by atoms with Gasteiger partial charge < -0.3 is 19.1 Å². The smallest absolute Gasteiger partial charge is 0.226 e. The second-order valence-electron chi connectivity index (χ2n) is 8.18. The van der Waals surface area contributed by atoms with E-state index in [4.69, 9.17) is 14.2 Å². The Hall–Kier alpha value is -2.80. The summed E-state index contributed by atoms with van der Waals surface area (Å²) in [6.45, 7) is 2.60. The lowest BCUT2D eigenvalue weighted by atomic mass is 9.88. The molecule has 1 fully saturated rings. The Labute approximate surface area is 183 Å². The highest BCUT2D eigenvalue weighted by Gasteiger charge is 2.33. The van der Waals surface area contributed by atoms with Crippen molar-refractivity contribution in [2.75, 3.05) is 48.0 Å². The monoisotopic (exact) mass is 430 g/mol. The van der Waals surface area contributed by atoms with Gasteiger partial charge in [0.05, 0.1) is 26.7 Å². The van der Waals surface area contributed by atoms with E-state index in [1.807, 2.05) is 18.2 Å². The zero-order valence-corrected chi connectivity index (χ0v) is 18.6. The van der Waals surface area contributed by atoms with Crippen molar-refractivity contribution in [2.45, 2.75) is 13.0 Å². The van der Waals surface area contributed by atoms with Gasteiger partial charge >= 0.3 is 0 Å². The number of piperidine rings is 1. The van der Waals surface area contributed by atoms with Crippen LogP contribution in [0.25, 0.3) is 0 Å². The molecule has 1 saturated heterocycles. The minimum Gasteiger partial charge on any atom is -0.493 e. The largest absolute Gasteiger partial charge is 0.493 e. The van der Waals surface area contributed by atoms with Crippen molar-refractivity contribution in [3.63, 3.8) is 0 Å². The van der Waals surface area contributed by atoms with Crippen LogP contribution in [0.1, 0.15) is 12.0 Å². The first-order valence-corrected chi connectivity index (χ1v) is 10.4. The van der Waals surface area contributed by atoms with E-state index in [1.165, 1.54) is 12.1 Å². The van der Waals surface area contributed by atoms with Gasteiger partial charge in [-0.2, -0.15) is 0 Å². The fraction of sp³-hybridized carbons (Fsp3) is 0.458. The molecule has 1 amide bonds. The first-order valence-electron chi connectivity index (χ1n) is 10.4. The molecule has 168 valence electrons. The first-order chi connectivity index (χ1) is 14.9. The number of nitrogens with zero attached hydrogens (tertiary/aromatic N) is 2. The number of hydrogen-bond acceptors (Lipinski definition) is 5. The van der Waals surface area contributed by atoms with E-state index in [0.717, 1.165) is 18.5 Å². The molecule has 1 aliphatic rings.